The molecule has 2 aliphatic rings. The van der Waals surface area contributed by atoms with Crippen LogP contribution in [-0.2, 0) is 0 Å². The molecule has 1 aromatic heterocycles. The van der Waals surface area contributed by atoms with E-state index in [9.17, 15) is 14.4 Å². The molecule has 7 heteroatoms. The van der Waals surface area contributed by atoms with Crippen molar-refractivity contribution < 1.29 is 14.4 Å². The van der Waals surface area contributed by atoms with E-state index in [1.54, 1.807) is 30.3 Å². The fourth-order valence-corrected chi connectivity index (χ4v) is 5.02. The minimum Gasteiger partial charge on any atom is -0.289 e. The summed E-state index contributed by atoms with van der Waals surface area (Å²) in [4.78, 5) is 37.8. The molecule has 0 bridgehead atoms. The molecule has 3 aromatic rings. The summed E-state index contributed by atoms with van der Waals surface area (Å²) in [7, 11) is 0. The molecule has 2 heterocycles. The van der Waals surface area contributed by atoms with E-state index in [1.165, 1.54) is 11.3 Å². The van der Waals surface area contributed by atoms with Gasteiger partial charge >= 0.3 is 0 Å². The molecule has 1 aliphatic heterocycles. The Balaban J connectivity index is 1.80. The van der Waals surface area contributed by atoms with Crippen LogP contribution in [0.2, 0.25) is 10.0 Å². The van der Waals surface area contributed by atoms with Gasteiger partial charge in [-0.15, -0.1) is 11.3 Å². The van der Waals surface area contributed by atoms with Crippen LogP contribution >= 0.6 is 34.5 Å². The van der Waals surface area contributed by atoms with E-state index in [4.69, 9.17) is 23.2 Å². The summed E-state index contributed by atoms with van der Waals surface area (Å²) in [5.41, 5.74) is 3.50. The molecular weight excluding hydrogens is 393 g/mol. The van der Waals surface area contributed by atoms with Crippen molar-refractivity contribution in [1.29, 1.82) is 0 Å². The van der Waals surface area contributed by atoms with Crippen molar-refractivity contribution in [2.45, 2.75) is 0 Å². The first-order chi connectivity index (χ1) is 12.5. The van der Waals surface area contributed by atoms with Crippen LogP contribution < -0.4 is 5.32 Å². The van der Waals surface area contributed by atoms with Gasteiger partial charge in [0.1, 0.15) is 0 Å². The Hall–Kier alpha value is -2.47. The number of benzene rings is 2. The van der Waals surface area contributed by atoms with Crippen molar-refractivity contribution in [3.63, 3.8) is 0 Å². The fourth-order valence-electron chi connectivity index (χ4n) is 3.51. The van der Waals surface area contributed by atoms with Crippen LogP contribution in [0.25, 0.3) is 21.6 Å². The number of halogens is 2. The zero-order chi connectivity index (χ0) is 18.2. The Bertz CT molecular complexity index is 1200. The summed E-state index contributed by atoms with van der Waals surface area (Å²) in [5.74, 6) is -1.04. The zero-order valence-corrected chi connectivity index (χ0v) is 15.2. The molecule has 0 fully saturated rings. The highest BCUT2D eigenvalue weighted by atomic mass is 35.5. The minimum absolute atomic E-state index is 0.160. The van der Waals surface area contributed by atoms with Gasteiger partial charge in [-0.1, -0.05) is 35.3 Å². The van der Waals surface area contributed by atoms with Crippen LogP contribution in [0.15, 0.2) is 35.7 Å². The Morgan fingerprint density at radius 2 is 1.54 bits per heavy atom. The number of amides is 2. The van der Waals surface area contributed by atoms with Gasteiger partial charge in [-0.25, -0.2) is 0 Å². The lowest BCUT2D eigenvalue weighted by Crippen LogP contribution is -2.20. The average Bonchev–Trinajstić information content (AvgIpc) is 3.25. The lowest BCUT2D eigenvalue weighted by Gasteiger charge is -2.05. The molecule has 4 nitrogen and oxygen atoms in total. The lowest BCUT2D eigenvalue weighted by atomic mass is 9.98. The van der Waals surface area contributed by atoms with Crippen LogP contribution in [0.1, 0.15) is 36.6 Å². The summed E-state index contributed by atoms with van der Waals surface area (Å²) in [5, 5.41) is 4.86. The van der Waals surface area contributed by atoms with Gasteiger partial charge in [-0.2, -0.15) is 0 Å². The summed E-state index contributed by atoms with van der Waals surface area (Å²) >= 11 is 13.8. The van der Waals surface area contributed by atoms with E-state index in [1.807, 2.05) is 5.38 Å². The quantitative estimate of drug-likeness (QED) is 0.466. The molecule has 2 amide bonds. The highest BCUT2D eigenvalue weighted by molar-refractivity contribution is 7.14. The summed E-state index contributed by atoms with van der Waals surface area (Å²) in [6.45, 7) is 0. The lowest BCUT2D eigenvalue weighted by molar-refractivity contribution is 0.0879. The van der Waals surface area contributed by atoms with Crippen LogP contribution in [0.3, 0.4) is 0 Å². The van der Waals surface area contributed by atoms with Crippen molar-refractivity contribution in [2.75, 3.05) is 0 Å². The second kappa shape index (κ2) is 5.27. The predicted octanol–water partition coefficient (Wildman–Crippen LogP) is 4.82. The second-order valence-electron chi connectivity index (χ2n) is 5.98. The normalized spacial score (nSPS) is 14.3. The van der Waals surface area contributed by atoms with E-state index in [0.29, 0.717) is 53.9 Å². The van der Waals surface area contributed by atoms with E-state index >= 15 is 0 Å². The number of imide groups is 1. The van der Waals surface area contributed by atoms with Crippen LogP contribution in [0.4, 0.5) is 0 Å². The molecule has 1 N–H and O–H groups in total. The van der Waals surface area contributed by atoms with Crippen LogP contribution in [0.5, 0.6) is 0 Å². The van der Waals surface area contributed by atoms with Crippen molar-refractivity contribution >= 4 is 52.1 Å². The Kier molecular flexibility index (Phi) is 3.19. The van der Waals surface area contributed by atoms with Crippen molar-refractivity contribution in [3.05, 3.63) is 68.0 Å². The van der Waals surface area contributed by atoms with Gasteiger partial charge in [-0.3, -0.25) is 19.7 Å². The monoisotopic (exact) mass is 399 g/mol. The molecule has 1 aliphatic carbocycles. The number of hydrogen-bond donors (Lipinski definition) is 1. The third-order valence-corrected chi connectivity index (χ3v) is 6.45. The number of ketones is 1. The van der Waals surface area contributed by atoms with Gasteiger partial charge in [0.25, 0.3) is 11.8 Å². The maximum absolute atomic E-state index is 13.0. The molecular formula is C19H7Cl2NO3S. The Morgan fingerprint density at radius 1 is 0.769 bits per heavy atom. The smallest absolute Gasteiger partial charge is 0.259 e. The number of nitrogens with one attached hydrogen (secondary N) is 1. The van der Waals surface area contributed by atoms with Gasteiger partial charge in [0.15, 0.2) is 5.78 Å². The van der Waals surface area contributed by atoms with Crippen LogP contribution in [-0.4, -0.2) is 17.6 Å². The van der Waals surface area contributed by atoms with Gasteiger partial charge in [0, 0.05) is 38.1 Å². The minimum atomic E-state index is -0.452. The largest absolute Gasteiger partial charge is 0.289 e. The predicted molar refractivity (Wildman–Crippen MR) is 100 cm³/mol. The van der Waals surface area contributed by atoms with Crippen LogP contribution in [0, 0.1) is 0 Å². The molecule has 0 radical (unpaired) electrons. The number of thiophene rings is 1. The van der Waals surface area contributed by atoms with Gasteiger partial charge in [0.2, 0.25) is 0 Å². The first kappa shape index (κ1) is 15.8. The first-order valence-electron chi connectivity index (χ1n) is 7.62. The third-order valence-electron chi connectivity index (χ3n) is 4.63. The Labute approximate surface area is 161 Å². The summed E-state index contributed by atoms with van der Waals surface area (Å²) in [6.07, 6.45) is 0. The standard InChI is InChI=1S/C19H7Cl2NO3S/c20-11-5-4-7-12(15(11)21)10-6-26-17(14(10)16(7)23)8-2-1-3-9-13(8)19(25)22-18(9)24/h1-6H,(H,22,24,25). The molecule has 126 valence electrons. The maximum atomic E-state index is 13.0. The van der Waals surface area contributed by atoms with Gasteiger partial charge < -0.3 is 0 Å². The van der Waals surface area contributed by atoms with Crippen molar-refractivity contribution in [1.82, 2.24) is 5.32 Å². The number of carbonyl (C=O) groups excluding carboxylic acids is 3. The number of carbonyl (C=O) groups is 3. The highest BCUT2D eigenvalue weighted by Gasteiger charge is 2.36. The molecule has 26 heavy (non-hydrogen) atoms. The van der Waals surface area contributed by atoms with E-state index in [-0.39, 0.29) is 5.78 Å². The summed E-state index contributed by atoms with van der Waals surface area (Å²) in [6, 6.07) is 8.30. The number of hydrogen-bond acceptors (Lipinski definition) is 4. The van der Waals surface area contributed by atoms with Crippen molar-refractivity contribution in [3.8, 4) is 21.6 Å². The molecule has 5 rings (SSSR count). The van der Waals surface area contributed by atoms with E-state index < -0.39 is 11.8 Å². The molecule has 0 unspecified atom stereocenters. The molecule has 0 atom stereocenters. The number of fused-ring (bicyclic) bond motifs is 4. The fraction of sp³-hybridized carbons (Fsp3) is 0. The third kappa shape index (κ3) is 1.88. The second-order valence-corrected chi connectivity index (χ2v) is 7.64. The number of rotatable bonds is 1. The van der Waals surface area contributed by atoms with Gasteiger partial charge in [-0.05, 0) is 18.2 Å². The average molecular weight is 400 g/mol. The molecule has 2 aromatic carbocycles. The highest BCUT2D eigenvalue weighted by Crippen LogP contribution is 2.50. The van der Waals surface area contributed by atoms with Gasteiger partial charge in [0.05, 0.1) is 21.2 Å². The zero-order valence-electron chi connectivity index (χ0n) is 12.9. The maximum Gasteiger partial charge on any atom is 0.259 e. The van der Waals surface area contributed by atoms with Crippen molar-refractivity contribution in [2.24, 2.45) is 0 Å². The molecule has 0 saturated carbocycles. The first-order valence-corrected chi connectivity index (χ1v) is 9.26. The molecule has 0 saturated heterocycles. The van der Waals surface area contributed by atoms with E-state index in [0.717, 1.165) is 0 Å². The Morgan fingerprint density at radius 3 is 2.35 bits per heavy atom. The molecule has 0 spiro atoms. The topological polar surface area (TPSA) is 63.2 Å². The van der Waals surface area contributed by atoms with E-state index in [2.05, 4.69) is 5.32 Å². The SMILES string of the molecule is O=C1NC(=O)c2c1cccc2-c1scc2c1C(=O)c1ccc(Cl)c(Cl)c1-2. The summed E-state index contributed by atoms with van der Waals surface area (Å²) < 4.78 is 0.